The van der Waals surface area contributed by atoms with E-state index in [2.05, 4.69) is 34.7 Å². The average molecular weight is 267 g/mol. The van der Waals surface area contributed by atoms with Gasteiger partial charge < -0.3 is 9.88 Å². The highest BCUT2D eigenvalue weighted by Gasteiger charge is 2.16. The topological polar surface area (TPSA) is 71.8 Å². The lowest BCUT2D eigenvalue weighted by atomic mass is 10.1. The molecule has 0 radical (unpaired) electrons. The van der Waals surface area contributed by atoms with Crippen molar-refractivity contribution in [3.63, 3.8) is 0 Å². The van der Waals surface area contributed by atoms with Gasteiger partial charge in [-0.05, 0) is 26.7 Å². The Kier molecular flexibility index (Phi) is 6.49. The number of hydrogen-bond donors (Lipinski definition) is 2. The smallest absolute Gasteiger partial charge is 0.237 e. The number of nitrogens with zero attached hydrogens (tertiary/aromatic N) is 3. The van der Waals surface area contributed by atoms with Crippen molar-refractivity contribution >= 4 is 5.91 Å². The molecule has 0 aliphatic carbocycles. The second kappa shape index (κ2) is 7.89. The number of carbonyl (C=O) groups is 1. The zero-order chi connectivity index (χ0) is 14.3. The highest BCUT2D eigenvalue weighted by atomic mass is 16.2. The van der Waals surface area contributed by atoms with Crippen molar-refractivity contribution in [1.82, 2.24) is 25.4 Å². The molecule has 1 heterocycles. The van der Waals surface area contributed by atoms with Gasteiger partial charge in [0.25, 0.3) is 0 Å². The summed E-state index contributed by atoms with van der Waals surface area (Å²) in [5.74, 6) is 0.890. The molecule has 0 aliphatic heterocycles. The van der Waals surface area contributed by atoms with Gasteiger partial charge in [0.15, 0.2) is 0 Å². The third kappa shape index (κ3) is 4.63. The number of hydrogen-bond acceptors (Lipinski definition) is 4. The Morgan fingerprint density at radius 1 is 1.37 bits per heavy atom. The largest absolute Gasteiger partial charge is 0.352 e. The Morgan fingerprint density at radius 3 is 2.63 bits per heavy atom. The summed E-state index contributed by atoms with van der Waals surface area (Å²) in [7, 11) is 0. The van der Waals surface area contributed by atoms with Crippen molar-refractivity contribution in [1.29, 1.82) is 0 Å². The monoisotopic (exact) mass is 267 g/mol. The first kappa shape index (κ1) is 15.6. The maximum atomic E-state index is 12.0. The van der Waals surface area contributed by atoms with Crippen LogP contribution in [0.1, 0.15) is 46.4 Å². The molecule has 0 bridgehead atoms. The molecule has 0 aromatic carbocycles. The zero-order valence-corrected chi connectivity index (χ0v) is 12.3. The molecule has 0 fully saturated rings. The van der Waals surface area contributed by atoms with E-state index < -0.39 is 0 Å². The minimum absolute atomic E-state index is 0.0382. The highest BCUT2D eigenvalue weighted by molar-refractivity contribution is 5.81. The van der Waals surface area contributed by atoms with E-state index in [4.69, 9.17) is 0 Å². The van der Waals surface area contributed by atoms with E-state index in [9.17, 15) is 4.79 Å². The minimum atomic E-state index is -0.234. The molecular weight excluding hydrogens is 242 g/mol. The first-order valence-corrected chi connectivity index (χ1v) is 7.02. The molecule has 1 aromatic heterocycles. The van der Waals surface area contributed by atoms with Gasteiger partial charge in [-0.25, -0.2) is 0 Å². The van der Waals surface area contributed by atoms with Gasteiger partial charge in [-0.2, -0.15) is 0 Å². The van der Waals surface area contributed by atoms with E-state index in [1.54, 1.807) is 6.33 Å². The second-order valence-electron chi connectivity index (χ2n) is 4.66. The first-order valence-electron chi connectivity index (χ1n) is 7.02. The molecule has 19 heavy (non-hydrogen) atoms. The van der Waals surface area contributed by atoms with Crippen LogP contribution in [0.3, 0.4) is 0 Å². The average Bonchev–Trinajstić information content (AvgIpc) is 2.89. The molecule has 0 aliphatic rings. The fourth-order valence-corrected chi connectivity index (χ4v) is 1.84. The molecule has 0 saturated heterocycles. The lowest BCUT2D eigenvalue weighted by Gasteiger charge is -2.19. The minimum Gasteiger partial charge on any atom is -0.352 e. The van der Waals surface area contributed by atoms with Crippen molar-refractivity contribution in [2.45, 2.75) is 65.7 Å². The highest BCUT2D eigenvalue weighted by Crippen LogP contribution is 1.98. The molecule has 108 valence electrons. The second-order valence-corrected chi connectivity index (χ2v) is 4.66. The van der Waals surface area contributed by atoms with E-state index >= 15 is 0 Å². The molecule has 1 amide bonds. The van der Waals surface area contributed by atoms with Crippen LogP contribution in [0.2, 0.25) is 0 Å². The fraction of sp³-hybridized carbons (Fsp3) is 0.769. The van der Waals surface area contributed by atoms with Crippen LogP contribution in [-0.4, -0.2) is 32.8 Å². The van der Waals surface area contributed by atoms with Gasteiger partial charge in [-0.15, -0.1) is 10.2 Å². The standard InChI is InChI=1S/C13H25N5O/c1-5-11(6-2)16-13(19)10(4)14-8-12-17-15-9-18(12)7-3/h9-11,14H,5-8H2,1-4H3,(H,16,19). The van der Waals surface area contributed by atoms with E-state index in [-0.39, 0.29) is 18.0 Å². The molecule has 2 N–H and O–H groups in total. The van der Waals surface area contributed by atoms with E-state index in [0.29, 0.717) is 6.54 Å². The number of aromatic nitrogens is 3. The molecule has 0 spiro atoms. The van der Waals surface area contributed by atoms with Crippen LogP contribution < -0.4 is 10.6 Å². The number of nitrogens with one attached hydrogen (secondary N) is 2. The van der Waals surface area contributed by atoms with Gasteiger partial charge in [0.1, 0.15) is 12.2 Å². The molecule has 1 unspecified atom stereocenters. The summed E-state index contributed by atoms with van der Waals surface area (Å²) in [6.45, 7) is 9.44. The molecule has 1 atom stereocenters. The van der Waals surface area contributed by atoms with Gasteiger partial charge in [-0.1, -0.05) is 13.8 Å². The number of aryl methyl sites for hydroxylation is 1. The normalized spacial score (nSPS) is 12.7. The van der Waals surface area contributed by atoms with Gasteiger partial charge in [0, 0.05) is 12.6 Å². The Hall–Kier alpha value is -1.43. The number of amides is 1. The molecule has 0 saturated carbocycles. The van der Waals surface area contributed by atoms with Crippen LogP contribution in [0.5, 0.6) is 0 Å². The van der Waals surface area contributed by atoms with Gasteiger partial charge in [0.2, 0.25) is 5.91 Å². The van der Waals surface area contributed by atoms with Crippen LogP contribution >= 0.6 is 0 Å². The van der Waals surface area contributed by atoms with Crippen LogP contribution in [0, 0.1) is 0 Å². The van der Waals surface area contributed by atoms with Crippen molar-refractivity contribution in [2.24, 2.45) is 0 Å². The maximum Gasteiger partial charge on any atom is 0.237 e. The maximum absolute atomic E-state index is 12.0. The Morgan fingerprint density at radius 2 is 2.05 bits per heavy atom. The van der Waals surface area contributed by atoms with Crippen LogP contribution in [-0.2, 0) is 17.9 Å². The van der Waals surface area contributed by atoms with Crippen LogP contribution in [0.15, 0.2) is 6.33 Å². The van der Waals surface area contributed by atoms with E-state index in [1.807, 2.05) is 18.4 Å². The lowest BCUT2D eigenvalue weighted by Crippen LogP contribution is -2.45. The summed E-state index contributed by atoms with van der Waals surface area (Å²) in [4.78, 5) is 12.0. The number of carbonyl (C=O) groups excluding carboxylic acids is 1. The summed E-state index contributed by atoms with van der Waals surface area (Å²) in [5, 5.41) is 14.1. The first-order chi connectivity index (χ1) is 9.12. The molecule has 6 nitrogen and oxygen atoms in total. The van der Waals surface area contributed by atoms with Gasteiger partial charge in [0.05, 0.1) is 12.6 Å². The summed E-state index contributed by atoms with van der Waals surface area (Å²) in [5.41, 5.74) is 0. The molecule has 6 heteroatoms. The summed E-state index contributed by atoms with van der Waals surface area (Å²) >= 11 is 0. The lowest BCUT2D eigenvalue weighted by molar-refractivity contribution is -0.123. The zero-order valence-electron chi connectivity index (χ0n) is 12.3. The third-order valence-corrected chi connectivity index (χ3v) is 3.33. The summed E-state index contributed by atoms with van der Waals surface area (Å²) < 4.78 is 1.96. The van der Waals surface area contributed by atoms with Crippen molar-refractivity contribution in [2.75, 3.05) is 0 Å². The summed E-state index contributed by atoms with van der Waals surface area (Å²) in [6.07, 6.45) is 3.62. The summed E-state index contributed by atoms with van der Waals surface area (Å²) in [6, 6.07) is 0.0265. The van der Waals surface area contributed by atoms with Crippen LogP contribution in [0.4, 0.5) is 0 Å². The van der Waals surface area contributed by atoms with Gasteiger partial charge in [-0.3, -0.25) is 10.1 Å². The van der Waals surface area contributed by atoms with Crippen molar-refractivity contribution in [3.8, 4) is 0 Å². The predicted molar refractivity (Wildman–Crippen MR) is 74.5 cm³/mol. The Balaban J connectivity index is 2.42. The van der Waals surface area contributed by atoms with Gasteiger partial charge >= 0.3 is 0 Å². The molecule has 1 rings (SSSR count). The van der Waals surface area contributed by atoms with E-state index in [0.717, 1.165) is 25.2 Å². The predicted octanol–water partition coefficient (Wildman–Crippen LogP) is 1.08. The molecular formula is C13H25N5O. The Labute approximate surface area is 115 Å². The SMILES string of the molecule is CCC(CC)NC(=O)C(C)NCc1nncn1CC. The quantitative estimate of drug-likeness (QED) is 0.739. The van der Waals surface area contributed by atoms with Crippen LogP contribution in [0.25, 0.3) is 0 Å². The third-order valence-electron chi connectivity index (χ3n) is 3.33. The Bertz CT molecular complexity index is 386. The van der Waals surface area contributed by atoms with Crippen molar-refractivity contribution in [3.05, 3.63) is 12.2 Å². The van der Waals surface area contributed by atoms with Crippen molar-refractivity contribution < 1.29 is 4.79 Å². The molecule has 1 aromatic rings. The van der Waals surface area contributed by atoms with E-state index in [1.165, 1.54) is 0 Å². The number of rotatable bonds is 8. The fourth-order valence-electron chi connectivity index (χ4n) is 1.84.